The predicted molar refractivity (Wildman–Crippen MR) is 102 cm³/mol. The van der Waals surface area contributed by atoms with E-state index in [4.69, 9.17) is 0 Å². The van der Waals surface area contributed by atoms with Gasteiger partial charge in [-0.25, -0.2) is 9.67 Å². The number of likely N-dealkylation sites (tertiary alicyclic amines) is 2. The lowest BCUT2D eigenvalue weighted by molar-refractivity contribution is -0.144. The van der Waals surface area contributed by atoms with E-state index in [1.165, 1.54) is 6.33 Å². The van der Waals surface area contributed by atoms with Crippen molar-refractivity contribution in [2.24, 2.45) is 5.41 Å². The van der Waals surface area contributed by atoms with Gasteiger partial charge in [-0.3, -0.25) is 14.6 Å². The molecule has 0 unspecified atom stereocenters. The molecule has 0 radical (unpaired) electrons. The molecular weight excluding hydrogens is 356 g/mol. The maximum atomic E-state index is 12.8. The number of rotatable bonds is 4. The Bertz CT molecular complexity index is 814. The number of amides is 2. The van der Waals surface area contributed by atoms with E-state index in [-0.39, 0.29) is 23.3 Å². The van der Waals surface area contributed by atoms with Crippen molar-refractivity contribution in [1.29, 1.82) is 0 Å². The molecule has 0 aliphatic carbocycles. The van der Waals surface area contributed by atoms with E-state index < -0.39 is 0 Å². The van der Waals surface area contributed by atoms with Crippen molar-refractivity contribution >= 4 is 11.8 Å². The second kappa shape index (κ2) is 7.69. The predicted octanol–water partition coefficient (Wildman–Crippen LogP) is 1.67. The molecular formula is C20H26N6O2. The minimum absolute atomic E-state index is 0.0828. The van der Waals surface area contributed by atoms with E-state index >= 15 is 0 Å². The summed E-state index contributed by atoms with van der Waals surface area (Å²) in [6, 6.07) is 3.57. The van der Waals surface area contributed by atoms with Crippen molar-refractivity contribution in [2.75, 3.05) is 19.6 Å². The van der Waals surface area contributed by atoms with Gasteiger partial charge in [-0.2, -0.15) is 5.10 Å². The van der Waals surface area contributed by atoms with Gasteiger partial charge in [0, 0.05) is 45.0 Å². The number of piperidine rings is 2. The zero-order valence-electron chi connectivity index (χ0n) is 16.2. The topological polar surface area (TPSA) is 84.2 Å². The third-order valence-corrected chi connectivity index (χ3v) is 6.17. The number of hydrogen-bond donors (Lipinski definition) is 0. The SMILES string of the molecule is C[C@@H](C(=O)N1CCC2(CCC(=O)N(Cc3cccnc3)C2)CC1)n1cncn1. The Morgan fingerprint density at radius 2 is 2.07 bits per heavy atom. The molecule has 4 rings (SSSR count). The first-order valence-corrected chi connectivity index (χ1v) is 9.86. The zero-order chi connectivity index (χ0) is 19.6. The molecule has 4 heterocycles. The second-order valence-corrected chi connectivity index (χ2v) is 7.99. The molecule has 2 saturated heterocycles. The average molecular weight is 382 g/mol. The van der Waals surface area contributed by atoms with Crippen molar-refractivity contribution in [3.05, 3.63) is 42.7 Å². The Balaban J connectivity index is 1.37. The van der Waals surface area contributed by atoms with Crippen LogP contribution in [-0.2, 0) is 16.1 Å². The fraction of sp³-hybridized carbons (Fsp3) is 0.550. The number of nitrogens with zero attached hydrogens (tertiary/aromatic N) is 6. The van der Waals surface area contributed by atoms with Crippen LogP contribution in [0.3, 0.4) is 0 Å². The van der Waals surface area contributed by atoms with Crippen LogP contribution in [-0.4, -0.2) is 61.0 Å². The first-order valence-electron chi connectivity index (χ1n) is 9.86. The van der Waals surface area contributed by atoms with Gasteiger partial charge < -0.3 is 9.80 Å². The molecule has 28 heavy (non-hydrogen) atoms. The minimum atomic E-state index is -0.341. The normalized spacial score (nSPS) is 20.4. The summed E-state index contributed by atoms with van der Waals surface area (Å²) in [6.45, 7) is 4.69. The standard InChI is InChI=1S/C20H26N6O2/c1-16(26-15-22-14-23-26)19(28)24-9-6-20(7-10-24)5-4-18(27)25(13-20)12-17-3-2-8-21-11-17/h2-3,8,11,14-16H,4-7,9-10,12-13H2,1H3/t16-/m0/s1. The van der Waals surface area contributed by atoms with Gasteiger partial charge in [0.05, 0.1) is 0 Å². The van der Waals surface area contributed by atoms with Crippen LogP contribution >= 0.6 is 0 Å². The van der Waals surface area contributed by atoms with Gasteiger partial charge in [0.1, 0.15) is 18.7 Å². The summed E-state index contributed by atoms with van der Waals surface area (Å²) in [4.78, 5) is 37.2. The highest BCUT2D eigenvalue weighted by molar-refractivity contribution is 5.80. The molecule has 2 aliphatic heterocycles. The van der Waals surface area contributed by atoms with Crippen LogP contribution < -0.4 is 0 Å². The van der Waals surface area contributed by atoms with Crippen molar-refractivity contribution < 1.29 is 9.59 Å². The van der Waals surface area contributed by atoms with Crippen molar-refractivity contribution in [1.82, 2.24) is 29.5 Å². The molecule has 1 atom stereocenters. The number of hydrogen-bond acceptors (Lipinski definition) is 5. The van der Waals surface area contributed by atoms with Crippen LogP contribution in [0.5, 0.6) is 0 Å². The van der Waals surface area contributed by atoms with Gasteiger partial charge in [-0.1, -0.05) is 6.07 Å². The van der Waals surface area contributed by atoms with Crippen molar-refractivity contribution in [3.8, 4) is 0 Å². The van der Waals surface area contributed by atoms with Crippen LogP contribution in [0, 0.1) is 5.41 Å². The summed E-state index contributed by atoms with van der Waals surface area (Å²) in [7, 11) is 0. The van der Waals surface area contributed by atoms with Crippen molar-refractivity contribution in [2.45, 2.75) is 45.2 Å². The monoisotopic (exact) mass is 382 g/mol. The Labute approximate surface area is 164 Å². The van der Waals surface area contributed by atoms with E-state index in [0.29, 0.717) is 13.0 Å². The fourth-order valence-corrected chi connectivity index (χ4v) is 4.36. The smallest absolute Gasteiger partial charge is 0.247 e. The van der Waals surface area contributed by atoms with Crippen molar-refractivity contribution in [3.63, 3.8) is 0 Å². The number of aromatic nitrogens is 4. The van der Waals surface area contributed by atoms with Gasteiger partial charge in [-0.15, -0.1) is 0 Å². The van der Waals surface area contributed by atoms with Crippen LogP contribution in [0.4, 0.5) is 0 Å². The third kappa shape index (κ3) is 3.76. The van der Waals surface area contributed by atoms with Gasteiger partial charge in [0.15, 0.2) is 0 Å². The Morgan fingerprint density at radius 3 is 2.75 bits per heavy atom. The Kier molecular flexibility index (Phi) is 5.11. The maximum Gasteiger partial charge on any atom is 0.247 e. The minimum Gasteiger partial charge on any atom is -0.341 e. The highest BCUT2D eigenvalue weighted by Crippen LogP contribution is 2.40. The molecule has 2 amide bonds. The first kappa shape index (κ1) is 18.6. The molecule has 8 nitrogen and oxygen atoms in total. The highest BCUT2D eigenvalue weighted by Gasteiger charge is 2.42. The summed E-state index contributed by atoms with van der Waals surface area (Å²) in [5.74, 6) is 0.298. The Morgan fingerprint density at radius 1 is 1.25 bits per heavy atom. The van der Waals surface area contributed by atoms with Gasteiger partial charge in [0.2, 0.25) is 11.8 Å². The van der Waals surface area contributed by atoms with E-state index in [9.17, 15) is 9.59 Å². The van der Waals surface area contributed by atoms with Gasteiger partial charge in [0.25, 0.3) is 0 Å². The zero-order valence-corrected chi connectivity index (χ0v) is 16.2. The number of pyridine rings is 1. The summed E-state index contributed by atoms with van der Waals surface area (Å²) in [5, 5.41) is 4.08. The third-order valence-electron chi connectivity index (χ3n) is 6.17. The molecule has 1 spiro atoms. The number of carbonyl (C=O) groups excluding carboxylic acids is 2. The maximum absolute atomic E-state index is 12.8. The summed E-state index contributed by atoms with van der Waals surface area (Å²) < 4.78 is 1.60. The highest BCUT2D eigenvalue weighted by atomic mass is 16.2. The van der Waals surface area contributed by atoms with E-state index in [0.717, 1.165) is 44.5 Å². The largest absolute Gasteiger partial charge is 0.341 e. The Hall–Kier alpha value is -2.77. The molecule has 0 bridgehead atoms. The molecule has 0 saturated carbocycles. The van der Waals surface area contributed by atoms with Gasteiger partial charge >= 0.3 is 0 Å². The molecule has 148 valence electrons. The van der Waals surface area contributed by atoms with Crippen LogP contribution in [0.25, 0.3) is 0 Å². The van der Waals surface area contributed by atoms with E-state index in [2.05, 4.69) is 15.1 Å². The first-order chi connectivity index (χ1) is 13.6. The van der Waals surface area contributed by atoms with Crippen LogP contribution in [0.1, 0.15) is 44.2 Å². The average Bonchev–Trinajstić information content (AvgIpc) is 3.26. The van der Waals surface area contributed by atoms with E-state index in [1.807, 2.05) is 35.1 Å². The lowest BCUT2D eigenvalue weighted by Crippen LogP contribution is -2.52. The molecule has 0 aromatic carbocycles. The second-order valence-electron chi connectivity index (χ2n) is 7.99. The molecule has 0 N–H and O–H groups in total. The fourth-order valence-electron chi connectivity index (χ4n) is 4.36. The number of carbonyl (C=O) groups is 2. The van der Waals surface area contributed by atoms with Crippen LogP contribution in [0.15, 0.2) is 37.2 Å². The van der Waals surface area contributed by atoms with Crippen LogP contribution in [0.2, 0.25) is 0 Å². The lowest BCUT2D eigenvalue weighted by Gasteiger charge is -2.47. The molecule has 8 heteroatoms. The van der Waals surface area contributed by atoms with E-state index in [1.54, 1.807) is 17.2 Å². The quantitative estimate of drug-likeness (QED) is 0.803. The van der Waals surface area contributed by atoms with Gasteiger partial charge in [-0.05, 0) is 43.2 Å². The summed E-state index contributed by atoms with van der Waals surface area (Å²) in [5.41, 5.74) is 1.17. The molecule has 2 aromatic heterocycles. The molecule has 2 aliphatic rings. The lowest BCUT2D eigenvalue weighted by atomic mass is 9.72. The molecule has 2 fully saturated rings. The summed E-state index contributed by atoms with van der Waals surface area (Å²) >= 11 is 0. The summed E-state index contributed by atoms with van der Waals surface area (Å²) in [6.07, 6.45) is 9.96. The molecule has 2 aromatic rings.